The van der Waals surface area contributed by atoms with Crippen molar-refractivity contribution in [3.8, 4) is 0 Å². The van der Waals surface area contributed by atoms with E-state index in [4.69, 9.17) is 9.47 Å². The number of ether oxygens (including phenoxy) is 4. The van der Waals surface area contributed by atoms with Crippen molar-refractivity contribution >= 4 is 23.9 Å². The van der Waals surface area contributed by atoms with Crippen LogP contribution in [-0.2, 0) is 38.1 Å². The van der Waals surface area contributed by atoms with Gasteiger partial charge in [-0.25, -0.2) is 19.2 Å². The number of hydrogen-bond donors (Lipinski definition) is 0. The van der Waals surface area contributed by atoms with Gasteiger partial charge in [0, 0.05) is 24.3 Å². The van der Waals surface area contributed by atoms with Crippen molar-refractivity contribution in [1.29, 1.82) is 0 Å². The van der Waals surface area contributed by atoms with E-state index in [2.05, 4.69) is 9.47 Å². The largest absolute Gasteiger partial charge is 0.463 e. The Morgan fingerprint density at radius 1 is 0.615 bits per heavy atom. The van der Waals surface area contributed by atoms with Crippen LogP contribution in [0.25, 0.3) is 0 Å². The van der Waals surface area contributed by atoms with Gasteiger partial charge >= 0.3 is 23.9 Å². The second-order valence-corrected chi connectivity index (χ2v) is 5.14. The molecule has 8 nitrogen and oxygen atoms in total. The van der Waals surface area contributed by atoms with Crippen LogP contribution in [-0.4, -0.2) is 49.3 Å². The summed E-state index contributed by atoms with van der Waals surface area (Å²) in [5, 5.41) is 0. The zero-order valence-corrected chi connectivity index (χ0v) is 16.1. The van der Waals surface area contributed by atoms with E-state index in [1.165, 1.54) is 0 Å². The fourth-order valence-electron chi connectivity index (χ4n) is 1.20. The zero-order chi connectivity index (χ0) is 20.5. The summed E-state index contributed by atoms with van der Waals surface area (Å²) in [7, 11) is 0. The molecule has 0 N–H and O–H groups in total. The van der Waals surface area contributed by atoms with Gasteiger partial charge in [-0.15, -0.1) is 0 Å². The van der Waals surface area contributed by atoms with Gasteiger partial charge in [0.15, 0.2) is 0 Å². The molecule has 0 amide bonds. The van der Waals surface area contributed by atoms with Gasteiger partial charge in [-0.2, -0.15) is 0 Å². The van der Waals surface area contributed by atoms with E-state index in [1.54, 1.807) is 41.5 Å². The molecular weight excluding hydrogens is 344 g/mol. The first-order valence-electron chi connectivity index (χ1n) is 8.23. The first-order valence-corrected chi connectivity index (χ1v) is 8.23. The van der Waals surface area contributed by atoms with E-state index in [9.17, 15) is 19.2 Å². The fourth-order valence-corrected chi connectivity index (χ4v) is 1.20. The number of esters is 4. The fraction of sp³-hybridized carbons (Fsp3) is 0.556. The van der Waals surface area contributed by atoms with E-state index in [-0.39, 0.29) is 12.2 Å². The third kappa shape index (κ3) is 19.4. The van der Waals surface area contributed by atoms with Crippen LogP contribution < -0.4 is 0 Å². The van der Waals surface area contributed by atoms with Crippen LogP contribution in [0.15, 0.2) is 24.3 Å². The molecule has 0 saturated heterocycles. The molecule has 148 valence electrons. The average Bonchev–Trinajstić information content (AvgIpc) is 2.51. The van der Waals surface area contributed by atoms with Gasteiger partial charge in [0.1, 0.15) is 0 Å². The molecule has 26 heavy (non-hydrogen) atoms. The van der Waals surface area contributed by atoms with E-state index in [0.29, 0.717) is 13.2 Å². The average molecular weight is 372 g/mol. The third-order valence-electron chi connectivity index (χ3n) is 1.99. The Hall–Kier alpha value is -2.64. The van der Waals surface area contributed by atoms with Crippen molar-refractivity contribution < 1.29 is 38.1 Å². The highest BCUT2D eigenvalue weighted by molar-refractivity contribution is 5.92. The van der Waals surface area contributed by atoms with Gasteiger partial charge in [-0.1, -0.05) is 0 Å². The monoisotopic (exact) mass is 372 g/mol. The highest BCUT2D eigenvalue weighted by Gasteiger charge is 2.04. The maximum atomic E-state index is 10.9. The summed E-state index contributed by atoms with van der Waals surface area (Å²) in [5.41, 5.74) is 0. The number of carbonyl (C=O) groups excluding carboxylic acids is 4. The Bertz CT molecular complexity index is 459. The van der Waals surface area contributed by atoms with Gasteiger partial charge < -0.3 is 18.9 Å². The van der Waals surface area contributed by atoms with Crippen molar-refractivity contribution in [2.75, 3.05) is 13.2 Å². The van der Waals surface area contributed by atoms with Crippen LogP contribution in [0.1, 0.15) is 41.5 Å². The number of rotatable bonds is 8. The lowest BCUT2D eigenvalue weighted by atomic mass is 10.4. The molecule has 0 aliphatic rings. The molecule has 0 unspecified atom stereocenters. The SMILES string of the molecule is CC(C)OC(=O)C=CC(=O)OC(C)C.CCOC(=O)C=CC(=O)OCC. The molecule has 0 saturated carbocycles. The molecule has 8 heteroatoms. The standard InChI is InChI=1S/C10H16O4.C8H12O4/c1-7(2)13-9(11)5-6-10(12)14-8(3)4;1-3-11-7(9)5-6-8(10)12-4-2/h5-8H,1-4H3;5-6H,3-4H2,1-2H3. The van der Waals surface area contributed by atoms with Crippen LogP contribution in [0.3, 0.4) is 0 Å². The molecule has 0 fully saturated rings. The third-order valence-corrected chi connectivity index (χ3v) is 1.99. The van der Waals surface area contributed by atoms with E-state index < -0.39 is 23.9 Å². The van der Waals surface area contributed by atoms with Crippen LogP contribution in [0.4, 0.5) is 0 Å². The smallest absolute Gasteiger partial charge is 0.331 e. The maximum absolute atomic E-state index is 10.9. The van der Waals surface area contributed by atoms with Gasteiger partial charge in [0.25, 0.3) is 0 Å². The molecule has 0 heterocycles. The summed E-state index contributed by atoms with van der Waals surface area (Å²) in [6.45, 7) is 10.9. The van der Waals surface area contributed by atoms with Gasteiger partial charge in [0.2, 0.25) is 0 Å². The van der Waals surface area contributed by atoms with Crippen LogP contribution >= 0.6 is 0 Å². The summed E-state index contributed by atoms with van der Waals surface area (Å²) in [6, 6.07) is 0. The molecule has 0 rings (SSSR count). The molecule has 0 atom stereocenters. The maximum Gasteiger partial charge on any atom is 0.331 e. The molecule has 0 radical (unpaired) electrons. The Morgan fingerprint density at radius 2 is 0.885 bits per heavy atom. The lowest BCUT2D eigenvalue weighted by Crippen LogP contribution is -2.11. The van der Waals surface area contributed by atoms with Gasteiger partial charge in [-0.05, 0) is 41.5 Å². The number of hydrogen-bond acceptors (Lipinski definition) is 8. The van der Waals surface area contributed by atoms with Crippen LogP contribution in [0, 0.1) is 0 Å². The first kappa shape index (κ1) is 25.6. The molecule has 0 aliphatic heterocycles. The molecule has 0 aliphatic carbocycles. The molecule has 0 aromatic rings. The second-order valence-electron chi connectivity index (χ2n) is 5.14. The van der Waals surface area contributed by atoms with E-state index in [1.807, 2.05) is 0 Å². The Kier molecular flexibility index (Phi) is 15.6. The van der Waals surface area contributed by atoms with Crippen LogP contribution in [0.2, 0.25) is 0 Å². The predicted molar refractivity (Wildman–Crippen MR) is 94.0 cm³/mol. The molecule has 0 aromatic heterocycles. The molecular formula is C18H28O8. The quantitative estimate of drug-likeness (QED) is 0.362. The van der Waals surface area contributed by atoms with Crippen LogP contribution in [0.5, 0.6) is 0 Å². The van der Waals surface area contributed by atoms with Crippen molar-refractivity contribution in [2.24, 2.45) is 0 Å². The molecule has 0 bridgehead atoms. The van der Waals surface area contributed by atoms with Crippen molar-refractivity contribution in [2.45, 2.75) is 53.8 Å². The minimum Gasteiger partial charge on any atom is -0.463 e. The number of carbonyl (C=O) groups is 4. The highest BCUT2D eigenvalue weighted by atomic mass is 16.6. The Balaban J connectivity index is 0. The van der Waals surface area contributed by atoms with Gasteiger partial charge in [-0.3, -0.25) is 0 Å². The van der Waals surface area contributed by atoms with Crippen molar-refractivity contribution in [3.63, 3.8) is 0 Å². The molecule has 0 spiro atoms. The second kappa shape index (κ2) is 15.9. The van der Waals surface area contributed by atoms with E-state index in [0.717, 1.165) is 24.3 Å². The summed E-state index contributed by atoms with van der Waals surface area (Å²) in [6.07, 6.45) is 3.83. The summed E-state index contributed by atoms with van der Waals surface area (Å²) < 4.78 is 18.6. The minimum absolute atomic E-state index is 0.187. The summed E-state index contributed by atoms with van der Waals surface area (Å²) in [5.74, 6) is -2.16. The zero-order valence-electron chi connectivity index (χ0n) is 16.1. The van der Waals surface area contributed by atoms with Gasteiger partial charge in [0.05, 0.1) is 25.4 Å². The topological polar surface area (TPSA) is 105 Å². The minimum atomic E-state index is -0.541. The Labute approximate surface area is 154 Å². The lowest BCUT2D eigenvalue weighted by Gasteiger charge is -2.05. The highest BCUT2D eigenvalue weighted by Crippen LogP contribution is 1.93. The Morgan fingerprint density at radius 3 is 1.12 bits per heavy atom. The molecule has 0 aromatic carbocycles. The normalized spacial score (nSPS) is 10.5. The first-order chi connectivity index (χ1) is 12.1. The predicted octanol–water partition coefficient (Wildman–Crippen LogP) is 2.11. The van der Waals surface area contributed by atoms with Crippen molar-refractivity contribution in [3.05, 3.63) is 24.3 Å². The summed E-state index contributed by atoms with van der Waals surface area (Å²) in [4.78, 5) is 43.1. The van der Waals surface area contributed by atoms with Crippen molar-refractivity contribution in [1.82, 2.24) is 0 Å². The van der Waals surface area contributed by atoms with E-state index >= 15 is 0 Å². The summed E-state index contributed by atoms with van der Waals surface area (Å²) >= 11 is 0. The lowest BCUT2D eigenvalue weighted by molar-refractivity contribution is -0.144.